The van der Waals surface area contributed by atoms with Gasteiger partial charge in [0.2, 0.25) is 17.7 Å². The summed E-state index contributed by atoms with van der Waals surface area (Å²) in [4.78, 5) is 50.4. The molecule has 0 spiro atoms. The molecule has 2 aromatic carbocycles. The number of carbonyl (C=O) groups excluding carboxylic acids is 3. The second kappa shape index (κ2) is 14.3. The van der Waals surface area contributed by atoms with E-state index in [4.69, 9.17) is 0 Å². The van der Waals surface area contributed by atoms with Crippen LogP contribution in [0.3, 0.4) is 0 Å². The number of fused-ring (bicyclic) bond motifs is 1. The van der Waals surface area contributed by atoms with Gasteiger partial charge in [0.05, 0.1) is 6.04 Å². The zero-order valence-corrected chi connectivity index (χ0v) is 23.4. The number of hydrogen-bond acceptors (Lipinski definition) is 5. The third-order valence-electron chi connectivity index (χ3n) is 7.24. The van der Waals surface area contributed by atoms with Gasteiger partial charge in [-0.1, -0.05) is 56.3 Å². The number of aliphatic hydroxyl groups is 1. The zero-order chi connectivity index (χ0) is 31.0. The van der Waals surface area contributed by atoms with Gasteiger partial charge >= 0.3 is 12.3 Å². The molecule has 1 unspecified atom stereocenters. The minimum Gasteiger partial charge on any atom is -0.465 e. The molecule has 1 aliphatic rings. The number of carboxylic acid groups (broad SMARTS) is 1. The Morgan fingerprint density at radius 2 is 1.67 bits per heavy atom. The summed E-state index contributed by atoms with van der Waals surface area (Å²) >= 11 is 0. The van der Waals surface area contributed by atoms with Gasteiger partial charge in [0.1, 0.15) is 12.1 Å². The molecule has 5 atom stereocenters. The van der Waals surface area contributed by atoms with Crippen molar-refractivity contribution in [3.8, 4) is 0 Å². The van der Waals surface area contributed by atoms with Crippen LogP contribution in [-0.4, -0.2) is 71.0 Å². The summed E-state index contributed by atoms with van der Waals surface area (Å²) in [5.74, 6) is -3.33. The lowest BCUT2D eigenvalue weighted by atomic mass is 9.89. The highest BCUT2D eigenvalue weighted by Crippen LogP contribution is 2.28. The van der Waals surface area contributed by atoms with E-state index in [1.807, 2.05) is 24.3 Å². The summed E-state index contributed by atoms with van der Waals surface area (Å²) in [5, 5.41) is 30.6. The largest absolute Gasteiger partial charge is 0.465 e. The SMILES string of the molecule is CC(C)C[C@H](NC(=O)[C@H](Cc1cccc2ccccc12)NC(=O)O)C(=O)N[C@@H](C[C@@H]1CCCNC1=O)C(O)C(F)(F)F. The van der Waals surface area contributed by atoms with Crippen LogP contribution in [0.1, 0.15) is 45.1 Å². The highest BCUT2D eigenvalue weighted by Gasteiger charge is 2.46. The predicted octanol–water partition coefficient (Wildman–Crippen LogP) is 2.87. The Labute approximate surface area is 241 Å². The number of nitrogens with one attached hydrogen (secondary N) is 4. The third kappa shape index (κ3) is 9.07. The standard InChI is InChI=1S/C29H37F3N4O6/c1-16(2)13-22(26(39)34-21(24(37)29(30,31)32)15-19-10-6-12-33-25(19)38)35-27(40)23(36-28(41)42)14-18-9-5-8-17-7-3-4-11-20(17)18/h3-5,7-9,11,16,19,21-24,36-37H,6,10,12-15H2,1-2H3,(H,33,38)(H,34,39)(H,35,40)(H,41,42)/t19-,21-,22-,23-,24?/m0/s1. The van der Waals surface area contributed by atoms with E-state index < -0.39 is 66.6 Å². The first-order valence-electron chi connectivity index (χ1n) is 13.9. The van der Waals surface area contributed by atoms with Gasteiger partial charge in [-0.15, -0.1) is 0 Å². The maximum Gasteiger partial charge on any atom is 0.416 e. The van der Waals surface area contributed by atoms with Crippen LogP contribution in [0.15, 0.2) is 42.5 Å². The fourth-order valence-corrected chi connectivity index (χ4v) is 5.17. The van der Waals surface area contributed by atoms with Crippen molar-refractivity contribution in [2.45, 2.75) is 76.4 Å². The molecule has 0 saturated carbocycles. The second-order valence-electron chi connectivity index (χ2n) is 11.0. The van der Waals surface area contributed by atoms with Gasteiger partial charge in [0.15, 0.2) is 6.10 Å². The Morgan fingerprint density at radius 3 is 2.31 bits per heavy atom. The average Bonchev–Trinajstić information content (AvgIpc) is 2.91. The molecule has 3 rings (SSSR count). The molecular weight excluding hydrogens is 557 g/mol. The average molecular weight is 595 g/mol. The fourth-order valence-electron chi connectivity index (χ4n) is 5.17. The minimum absolute atomic E-state index is 0.0182. The molecule has 13 heteroatoms. The molecular formula is C29H37F3N4O6. The van der Waals surface area contributed by atoms with Crippen LogP contribution in [0.2, 0.25) is 0 Å². The smallest absolute Gasteiger partial charge is 0.416 e. The lowest BCUT2D eigenvalue weighted by molar-refractivity contribution is -0.213. The van der Waals surface area contributed by atoms with E-state index in [0.717, 1.165) is 10.8 Å². The summed E-state index contributed by atoms with van der Waals surface area (Å²) in [6, 6.07) is 8.20. The van der Waals surface area contributed by atoms with Crippen molar-refractivity contribution < 1.29 is 42.6 Å². The molecule has 1 heterocycles. The number of piperidine rings is 1. The molecule has 0 radical (unpaired) electrons. The molecule has 230 valence electrons. The summed E-state index contributed by atoms with van der Waals surface area (Å²) in [7, 11) is 0. The molecule has 42 heavy (non-hydrogen) atoms. The van der Waals surface area contributed by atoms with Crippen LogP contribution < -0.4 is 21.3 Å². The molecule has 0 bridgehead atoms. The Balaban J connectivity index is 1.82. The lowest BCUT2D eigenvalue weighted by Gasteiger charge is -2.32. The molecule has 0 aliphatic carbocycles. The van der Waals surface area contributed by atoms with Gasteiger partial charge in [-0.25, -0.2) is 4.79 Å². The Bertz CT molecular complexity index is 1270. The van der Waals surface area contributed by atoms with Crippen molar-refractivity contribution >= 4 is 34.6 Å². The number of benzene rings is 2. The normalized spacial score (nSPS) is 18.5. The molecule has 10 nitrogen and oxygen atoms in total. The monoisotopic (exact) mass is 594 g/mol. The van der Waals surface area contributed by atoms with Gasteiger partial charge in [-0.2, -0.15) is 13.2 Å². The summed E-state index contributed by atoms with van der Waals surface area (Å²) in [6.07, 6.45) is -9.14. The zero-order valence-electron chi connectivity index (χ0n) is 23.4. The Morgan fingerprint density at radius 1 is 1.00 bits per heavy atom. The van der Waals surface area contributed by atoms with Gasteiger partial charge in [-0.3, -0.25) is 14.4 Å². The van der Waals surface area contributed by atoms with E-state index in [2.05, 4.69) is 21.3 Å². The summed E-state index contributed by atoms with van der Waals surface area (Å²) < 4.78 is 40.6. The molecule has 1 fully saturated rings. The van der Waals surface area contributed by atoms with E-state index in [1.165, 1.54) is 0 Å². The Hall–Kier alpha value is -3.87. The molecule has 1 aliphatic heterocycles. The fraction of sp³-hybridized carbons (Fsp3) is 0.517. The quantitative estimate of drug-likeness (QED) is 0.222. The van der Waals surface area contributed by atoms with Crippen LogP contribution in [0.5, 0.6) is 0 Å². The van der Waals surface area contributed by atoms with Crippen LogP contribution in [0, 0.1) is 11.8 Å². The topological polar surface area (TPSA) is 157 Å². The van der Waals surface area contributed by atoms with Gasteiger partial charge in [0, 0.05) is 18.9 Å². The first-order valence-corrected chi connectivity index (χ1v) is 13.9. The van der Waals surface area contributed by atoms with Crippen molar-refractivity contribution in [2.75, 3.05) is 6.54 Å². The summed E-state index contributed by atoms with van der Waals surface area (Å²) in [6.45, 7) is 3.87. The van der Waals surface area contributed by atoms with Crippen LogP contribution >= 0.6 is 0 Å². The minimum atomic E-state index is -5.07. The number of carbonyl (C=O) groups is 4. The lowest BCUT2D eigenvalue weighted by Crippen LogP contribution is -2.58. The maximum atomic E-state index is 13.5. The molecule has 0 aromatic heterocycles. The first kappa shape index (κ1) is 32.6. The van der Waals surface area contributed by atoms with Crippen molar-refractivity contribution in [1.29, 1.82) is 0 Å². The van der Waals surface area contributed by atoms with Crippen molar-refractivity contribution in [3.63, 3.8) is 0 Å². The van der Waals surface area contributed by atoms with Gasteiger partial charge in [-0.05, 0) is 47.9 Å². The van der Waals surface area contributed by atoms with E-state index in [-0.39, 0.29) is 18.8 Å². The predicted molar refractivity (Wildman–Crippen MR) is 148 cm³/mol. The van der Waals surface area contributed by atoms with E-state index in [0.29, 0.717) is 24.9 Å². The highest BCUT2D eigenvalue weighted by atomic mass is 19.4. The molecule has 2 aromatic rings. The van der Waals surface area contributed by atoms with Gasteiger partial charge in [0.25, 0.3) is 0 Å². The van der Waals surface area contributed by atoms with E-state index in [9.17, 15) is 42.6 Å². The third-order valence-corrected chi connectivity index (χ3v) is 7.24. The number of amides is 4. The molecule has 6 N–H and O–H groups in total. The van der Waals surface area contributed by atoms with Crippen LogP contribution in [0.25, 0.3) is 10.8 Å². The summed E-state index contributed by atoms with van der Waals surface area (Å²) in [5.41, 5.74) is 0.672. The Kier molecular flexibility index (Phi) is 11.1. The number of alkyl halides is 3. The first-order chi connectivity index (χ1) is 19.8. The van der Waals surface area contributed by atoms with E-state index in [1.54, 1.807) is 32.0 Å². The number of rotatable bonds is 12. The maximum absolute atomic E-state index is 13.5. The van der Waals surface area contributed by atoms with E-state index >= 15 is 0 Å². The van der Waals surface area contributed by atoms with Crippen LogP contribution in [0.4, 0.5) is 18.0 Å². The molecule has 4 amide bonds. The highest BCUT2D eigenvalue weighted by molar-refractivity contribution is 5.92. The van der Waals surface area contributed by atoms with Crippen molar-refractivity contribution in [1.82, 2.24) is 21.3 Å². The van der Waals surface area contributed by atoms with Gasteiger partial charge < -0.3 is 31.5 Å². The van der Waals surface area contributed by atoms with Crippen LogP contribution in [-0.2, 0) is 20.8 Å². The van der Waals surface area contributed by atoms with Crippen molar-refractivity contribution in [3.05, 3.63) is 48.0 Å². The number of halogens is 3. The molecule has 1 saturated heterocycles. The number of hydrogen-bond donors (Lipinski definition) is 6. The van der Waals surface area contributed by atoms with Crippen molar-refractivity contribution in [2.24, 2.45) is 11.8 Å². The number of aliphatic hydroxyl groups excluding tert-OH is 1. The second-order valence-corrected chi connectivity index (χ2v) is 11.0.